The lowest BCUT2D eigenvalue weighted by Crippen LogP contribution is -2.29. The van der Waals surface area contributed by atoms with Gasteiger partial charge in [-0.2, -0.15) is 0 Å². The van der Waals surface area contributed by atoms with E-state index in [2.05, 4.69) is 17.2 Å². The standard InChI is InChI=1S/C24H28N2O4/c1-4-5-6-13-30-22-20(29-3)12-11-18-14-19(24(28)26-21(18)22)23(27)25-15-17-9-7-16(2)8-10-17/h7-12,14H,4-6,13,15H2,1-3H3,(H,25,27)(H,26,28). The predicted octanol–water partition coefficient (Wildman–Crippen LogP) is 4.34. The number of unbranched alkanes of at least 4 members (excludes halogenated alkanes) is 2. The zero-order chi connectivity index (χ0) is 21.5. The van der Waals surface area contributed by atoms with Crippen LogP contribution in [0.25, 0.3) is 10.9 Å². The van der Waals surface area contributed by atoms with Gasteiger partial charge in [0.15, 0.2) is 11.5 Å². The monoisotopic (exact) mass is 408 g/mol. The molecular formula is C24H28N2O4. The molecule has 0 atom stereocenters. The van der Waals surface area contributed by atoms with Gasteiger partial charge in [-0.15, -0.1) is 0 Å². The molecular weight excluding hydrogens is 380 g/mol. The van der Waals surface area contributed by atoms with Gasteiger partial charge in [-0.25, -0.2) is 0 Å². The van der Waals surface area contributed by atoms with Crippen LogP contribution in [0.1, 0.15) is 47.7 Å². The molecule has 0 saturated carbocycles. The topological polar surface area (TPSA) is 80.4 Å². The number of aromatic nitrogens is 1. The van der Waals surface area contributed by atoms with Gasteiger partial charge < -0.3 is 19.8 Å². The maximum atomic E-state index is 12.6. The smallest absolute Gasteiger partial charge is 0.261 e. The summed E-state index contributed by atoms with van der Waals surface area (Å²) in [6.45, 7) is 5.02. The molecule has 158 valence electrons. The Bertz CT molecular complexity index is 1070. The second-order valence-electron chi connectivity index (χ2n) is 7.30. The van der Waals surface area contributed by atoms with E-state index < -0.39 is 11.5 Å². The first-order chi connectivity index (χ1) is 14.5. The van der Waals surface area contributed by atoms with Crippen LogP contribution in [0.3, 0.4) is 0 Å². The van der Waals surface area contributed by atoms with Crippen molar-refractivity contribution in [1.82, 2.24) is 10.3 Å². The van der Waals surface area contributed by atoms with Crippen molar-refractivity contribution in [3.8, 4) is 11.5 Å². The average Bonchev–Trinajstić information content (AvgIpc) is 2.75. The number of hydrogen-bond acceptors (Lipinski definition) is 4. The minimum atomic E-state index is -0.462. The van der Waals surface area contributed by atoms with Crippen LogP contribution in [-0.2, 0) is 6.54 Å². The summed E-state index contributed by atoms with van der Waals surface area (Å²) in [5, 5.41) is 3.52. The molecule has 3 rings (SSSR count). The molecule has 3 aromatic rings. The Hall–Kier alpha value is -3.28. The molecule has 0 radical (unpaired) electrons. The van der Waals surface area contributed by atoms with E-state index in [4.69, 9.17) is 9.47 Å². The number of carbonyl (C=O) groups excluding carboxylic acids is 1. The van der Waals surface area contributed by atoms with Crippen LogP contribution in [0.4, 0.5) is 0 Å². The number of amides is 1. The van der Waals surface area contributed by atoms with Crippen LogP contribution in [0.5, 0.6) is 11.5 Å². The third kappa shape index (κ3) is 5.00. The number of nitrogens with one attached hydrogen (secondary N) is 2. The fourth-order valence-corrected chi connectivity index (χ4v) is 3.21. The molecule has 0 aliphatic carbocycles. The van der Waals surface area contributed by atoms with Gasteiger partial charge in [0.2, 0.25) is 0 Å². The SMILES string of the molecule is CCCCCOc1c(OC)ccc2cc(C(=O)NCc3ccc(C)cc3)c(=O)[nH]c12. The zero-order valence-corrected chi connectivity index (χ0v) is 17.7. The molecule has 0 aliphatic rings. The van der Waals surface area contributed by atoms with Gasteiger partial charge in [0.25, 0.3) is 11.5 Å². The van der Waals surface area contributed by atoms with Gasteiger partial charge in [0.1, 0.15) is 5.56 Å². The Kier molecular flexibility index (Phi) is 7.12. The quantitative estimate of drug-likeness (QED) is 0.516. The number of aromatic amines is 1. The van der Waals surface area contributed by atoms with Crippen LogP contribution < -0.4 is 20.3 Å². The summed E-state index contributed by atoms with van der Waals surface area (Å²) < 4.78 is 11.3. The molecule has 1 aromatic heterocycles. The summed E-state index contributed by atoms with van der Waals surface area (Å²) in [5.41, 5.74) is 2.26. The van der Waals surface area contributed by atoms with E-state index in [-0.39, 0.29) is 5.56 Å². The van der Waals surface area contributed by atoms with E-state index in [1.165, 1.54) is 0 Å². The Morgan fingerprint density at radius 2 is 1.87 bits per heavy atom. The second-order valence-corrected chi connectivity index (χ2v) is 7.30. The first-order valence-electron chi connectivity index (χ1n) is 10.2. The van der Waals surface area contributed by atoms with Crippen LogP contribution in [0.15, 0.2) is 47.3 Å². The summed E-state index contributed by atoms with van der Waals surface area (Å²) >= 11 is 0. The number of H-pyrrole nitrogens is 1. The Morgan fingerprint density at radius 1 is 1.10 bits per heavy atom. The van der Waals surface area contributed by atoms with E-state index in [0.29, 0.717) is 35.6 Å². The number of methoxy groups -OCH3 is 1. The largest absolute Gasteiger partial charge is 0.493 e. The van der Waals surface area contributed by atoms with Crippen molar-refractivity contribution in [2.75, 3.05) is 13.7 Å². The van der Waals surface area contributed by atoms with Gasteiger partial charge in [0, 0.05) is 11.9 Å². The number of hydrogen-bond donors (Lipinski definition) is 2. The summed E-state index contributed by atoms with van der Waals surface area (Å²) in [4.78, 5) is 28.1. The lowest BCUT2D eigenvalue weighted by atomic mass is 10.1. The summed E-state index contributed by atoms with van der Waals surface area (Å²) in [6.07, 6.45) is 3.07. The highest BCUT2D eigenvalue weighted by Crippen LogP contribution is 2.34. The molecule has 30 heavy (non-hydrogen) atoms. The van der Waals surface area contributed by atoms with Crippen molar-refractivity contribution in [3.05, 3.63) is 69.5 Å². The molecule has 0 spiro atoms. The highest BCUT2D eigenvalue weighted by atomic mass is 16.5. The van der Waals surface area contributed by atoms with Crippen LogP contribution in [-0.4, -0.2) is 24.6 Å². The summed E-state index contributed by atoms with van der Waals surface area (Å²) in [7, 11) is 1.56. The number of rotatable bonds is 9. The third-order valence-corrected chi connectivity index (χ3v) is 4.97. The van der Waals surface area contributed by atoms with E-state index in [0.717, 1.165) is 30.4 Å². The minimum absolute atomic E-state index is 0.0664. The number of aryl methyl sites for hydroxylation is 1. The molecule has 2 aromatic carbocycles. The van der Waals surface area contributed by atoms with E-state index in [1.54, 1.807) is 25.3 Å². The predicted molar refractivity (Wildman–Crippen MR) is 118 cm³/mol. The number of pyridine rings is 1. The van der Waals surface area contributed by atoms with Crippen molar-refractivity contribution in [3.63, 3.8) is 0 Å². The van der Waals surface area contributed by atoms with Crippen molar-refractivity contribution >= 4 is 16.8 Å². The van der Waals surface area contributed by atoms with Crippen LogP contribution in [0, 0.1) is 6.92 Å². The average molecular weight is 408 g/mol. The van der Waals surface area contributed by atoms with Gasteiger partial charge in [-0.1, -0.05) is 49.6 Å². The van der Waals surface area contributed by atoms with Gasteiger partial charge >= 0.3 is 0 Å². The van der Waals surface area contributed by atoms with Crippen molar-refractivity contribution < 1.29 is 14.3 Å². The van der Waals surface area contributed by atoms with E-state index in [9.17, 15) is 9.59 Å². The molecule has 0 saturated heterocycles. The molecule has 0 unspecified atom stereocenters. The first kappa shape index (κ1) is 21.4. The normalized spacial score (nSPS) is 10.8. The zero-order valence-electron chi connectivity index (χ0n) is 17.7. The number of benzene rings is 2. The molecule has 0 bridgehead atoms. The van der Waals surface area contributed by atoms with Gasteiger partial charge in [-0.05, 0) is 37.1 Å². The second kappa shape index (κ2) is 9.96. The maximum Gasteiger partial charge on any atom is 0.261 e. The molecule has 6 nitrogen and oxygen atoms in total. The lowest BCUT2D eigenvalue weighted by molar-refractivity contribution is 0.0949. The summed E-state index contributed by atoms with van der Waals surface area (Å²) in [5.74, 6) is 0.626. The van der Waals surface area contributed by atoms with Crippen LogP contribution in [0.2, 0.25) is 0 Å². The van der Waals surface area contributed by atoms with Crippen molar-refractivity contribution in [1.29, 1.82) is 0 Å². The molecule has 1 heterocycles. The highest BCUT2D eigenvalue weighted by molar-refractivity contribution is 5.98. The Labute approximate surface area is 176 Å². The molecule has 2 N–H and O–H groups in total. The fourth-order valence-electron chi connectivity index (χ4n) is 3.21. The third-order valence-electron chi connectivity index (χ3n) is 4.97. The van der Waals surface area contributed by atoms with E-state index in [1.807, 2.05) is 31.2 Å². The Balaban J connectivity index is 1.84. The number of fused-ring (bicyclic) bond motifs is 1. The maximum absolute atomic E-state index is 12.6. The van der Waals surface area contributed by atoms with Crippen molar-refractivity contribution in [2.24, 2.45) is 0 Å². The molecule has 0 fully saturated rings. The summed E-state index contributed by atoms with van der Waals surface area (Å²) in [6, 6.07) is 13.1. The lowest BCUT2D eigenvalue weighted by Gasteiger charge is -2.14. The van der Waals surface area contributed by atoms with E-state index >= 15 is 0 Å². The molecule has 1 amide bonds. The van der Waals surface area contributed by atoms with Crippen LogP contribution >= 0.6 is 0 Å². The minimum Gasteiger partial charge on any atom is -0.493 e. The Morgan fingerprint density at radius 3 is 2.57 bits per heavy atom. The fraction of sp³-hybridized carbons (Fsp3) is 0.333. The highest BCUT2D eigenvalue weighted by Gasteiger charge is 2.16. The number of carbonyl (C=O) groups is 1. The molecule has 0 aliphatic heterocycles. The molecule has 6 heteroatoms. The van der Waals surface area contributed by atoms with Gasteiger partial charge in [0.05, 0.1) is 19.2 Å². The number of ether oxygens (including phenoxy) is 2. The first-order valence-corrected chi connectivity index (χ1v) is 10.2. The van der Waals surface area contributed by atoms with Crippen molar-refractivity contribution in [2.45, 2.75) is 39.7 Å². The van der Waals surface area contributed by atoms with Gasteiger partial charge in [-0.3, -0.25) is 9.59 Å².